The zero-order valence-corrected chi connectivity index (χ0v) is 11.0. The number of carbonyl (C=O) groups is 2. The number of carbonyl (C=O) groups excluding carboxylic acids is 2. The highest BCUT2D eigenvalue weighted by Crippen LogP contribution is 2.24. The first-order chi connectivity index (χ1) is 9.56. The van der Waals surface area contributed by atoms with E-state index in [1.807, 2.05) is 0 Å². The van der Waals surface area contributed by atoms with Crippen molar-refractivity contribution in [2.24, 2.45) is 0 Å². The van der Waals surface area contributed by atoms with Crippen LogP contribution in [0, 0.1) is 5.82 Å². The molecule has 0 radical (unpaired) electrons. The predicted octanol–water partition coefficient (Wildman–Crippen LogP) is 2.95. The first-order valence-corrected chi connectivity index (χ1v) is 6.35. The van der Waals surface area contributed by atoms with Crippen LogP contribution >= 0.6 is 11.6 Å². The monoisotopic (exact) mass is 289 g/mol. The largest absolute Gasteiger partial charge is 0.288 e. The number of hydrogen-bond acceptors (Lipinski definition) is 2. The minimum absolute atomic E-state index is 0.229. The van der Waals surface area contributed by atoms with Crippen LogP contribution in [0.2, 0.25) is 5.02 Å². The molecule has 3 nitrogen and oxygen atoms in total. The van der Waals surface area contributed by atoms with Crippen molar-refractivity contribution >= 4 is 23.4 Å². The number of halogens is 2. The van der Waals surface area contributed by atoms with Crippen LogP contribution in [0.4, 0.5) is 4.39 Å². The molecule has 2 aromatic carbocycles. The van der Waals surface area contributed by atoms with Crippen molar-refractivity contribution in [2.45, 2.75) is 6.42 Å². The zero-order chi connectivity index (χ0) is 14.3. The van der Waals surface area contributed by atoms with Crippen LogP contribution in [0.15, 0.2) is 36.4 Å². The Bertz CT molecular complexity index is 743. The van der Waals surface area contributed by atoms with E-state index in [0.29, 0.717) is 27.3 Å². The topological polar surface area (TPSA) is 46.2 Å². The number of hydrogen-bond donors (Lipinski definition) is 1. The van der Waals surface area contributed by atoms with E-state index in [2.05, 4.69) is 5.32 Å². The minimum Gasteiger partial charge on any atom is -0.288 e. The second-order valence-electron chi connectivity index (χ2n) is 4.54. The third kappa shape index (κ3) is 2.08. The average Bonchev–Trinajstić information content (AvgIpc) is 2.69. The Morgan fingerprint density at radius 3 is 2.60 bits per heavy atom. The summed E-state index contributed by atoms with van der Waals surface area (Å²) in [7, 11) is 0. The zero-order valence-electron chi connectivity index (χ0n) is 10.2. The van der Waals surface area contributed by atoms with Crippen LogP contribution in [-0.2, 0) is 6.42 Å². The van der Waals surface area contributed by atoms with E-state index in [0.717, 1.165) is 0 Å². The van der Waals surface area contributed by atoms with Gasteiger partial charge in [0.05, 0.1) is 11.1 Å². The van der Waals surface area contributed by atoms with E-state index in [9.17, 15) is 14.0 Å². The lowest BCUT2D eigenvalue weighted by Crippen LogP contribution is -2.20. The summed E-state index contributed by atoms with van der Waals surface area (Å²) in [6.45, 7) is 0. The molecular formula is C15H9ClFNO2. The van der Waals surface area contributed by atoms with Gasteiger partial charge in [0.2, 0.25) is 0 Å². The average molecular weight is 290 g/mol. The van der Waals surface area contributed by atoms with Gasteiger partial charge in [-0.3, -0.25) is 14.9 Å². The van der Waals surface area contributed by atoms with Crippen molar-refractivity contribution in [3.05, 3.63) is 69.5 Å². The van der Waals surface area contributed by atoms with Crippen LogP contribution < -0.4 is 5.32 Å². The van der Waals surface area contributed by atoms with E-state index in [1.54, 1.807) is 30.3 Å². The van der Waals surface area contributed by atoms with Crippen molar-refractivity contribution in [1.82, 2.24) is 5.32 Å². The van der Waals surface area contributed by atoms with Gasteiger partial charge in [0.1, 0.15) is 5.82 Å². The van der Waals surface area contributed by atoms with Crippen LogP contribution in [-0.4, -0.2) is 11.8 Å². The Balaban J connectivity index is 2.04. The summed E-state index contributed by atoms with van der Waals surface area (Å²) >= 11 is 5.71. The van der Waals surface area contributed by atoms with E-state index in [1.165, 1.54) is 6.07 Å². The third-order valence-corrected chi connectivity index (χ3v) is 3.48. The highest BCUT2D eigenvalue weighted by Gasteiger charge is 2.29. The summed E-state index contributed by atoms with van der Waals surface area (Å²) in [5.74, 6) is -1.28. The number of benzene rings is 2. The van der Waals surface area contributed by atoms with E-state index in [-0.39, 0.29) is 6.42 Å². The lowest BCUT2D eigenvalue weighted by atomic mass is 9.96. The van der Waals surface area contributed by atoms with Crippen molar-refractivity contribution in [2.75, 3.05) is 0 Å². The summed E-state index contributed by atoms with van der Waals surface area (Å²) < 4.78 is 13.8. The fraction of sp³-hybridized carbons (Fsp3) is 0.0667. The van der Waals surface area contributed by atoms with Gasteiger partial charge in [0, 0.05) is 11.4 Å². The van der Waals surface area contributed by atoms with Gasteiger partial charge in [-0.2, -0.15) is 0 Å². The second kappa shape index (κ2) is 4.72. The maximum Gasteiger partial charge on any atom is 0.259 e. The van der Waals surface area contributed by atoms with Gasteiger partial charge in [-0.25, -0.2) is 4.39 Å². The summed E-state index contributed by atoms with van der Waals surface area (Å²) in [5, 5.41) is 2.56. The molecular weight excluding hydrogens is 281 g/mol. The van der Waals surface area contributed by atoms with Gasteiger partial charge in [-0.15, -0.1) is 0 Å². The van der Waals surface area contributed by atoms with Crippen molar-refractivity contribution < 1.29 is 14.0 Å². The Morgan fingerprint density at radius 2 is 1.85 bits per heavy atom. The first-order valence-electron chi connectivity index (χ1n) is 5.98. The van der Waals surface area contributed by atoms with E-state index in [4.69, 9.17) is 11.6 Å². The van der Waals surface area contributed by atoms with Gasteiger partial charge < -0.3 is 0 Å². The molecule has 0 saturated heterocycles. The van der Waals surface area contributed by atoms with Crippen LogP contribution in [0.3, 0.4) is 0 Å². The molecule has 0 unspecified atom stereocenters. The smallest absolute Gasteiger partial charge is 0.259 e. The van der Waals surface area contributed by atoms with Crippen molar-refractivity contribution in [1.29, 1.82) is 0 Å². The molecule has 2 amide bonds. The quantitative estimate of drug-likeness (QED) is 0.864. The first kappa shape index (κ1) is 12.8. The number of nitrogens with one attached hydrogen (secondary N) is 1. The highest BCUT2D eigenvalue weighted by molar-refractivity contribution is 6.30. The summed E-state index contributed by atoms with van der Waals surface area (Å²) in [6.07, 6.45) is 0.229. The SMILES string of the molecule is O=C1NC(=O)c2c(Cc3ccc(Cl)cc3F)cccc21. The molecule has 0 bridgehead atoms. The van der Waals surface area contributed by atoms with Crippen LogP contribution in [0.1, 0.15) is 31.8 Å². The molecule has 0 aromatic heterocycles. The second-order valence-corrected chi connectivity index (χ2v) is 4.97. The van der Waals surface area contributed by atoms with Crippen molar-refractivity contribution in [3.8, 4) is 0 Å². The fourth-order valence-corrected chi connectivity index (χ4v) is 2.47. The third-order valence-electron chi connectivity index (χ3n) is 3.25. The number of amides is 2. The van der Waals surface area contributed by atoms with Gasteiger partial charge in [0.25, 0.3) is 11.8 Å². The Labute approximate surface area is 119 Å². The molecule has 0 spiro atoms. The molecule has 0 aliphatic carbocycles. The predicted molar refractivity (Wildman–Crippen MR) is 72.5 cm³/mol. The molecule has 3 rings (SSSR count). The number of rotatable bonds is 2. The molecule has 0 saturated carbocycles. The number of imide groups is 1. The van der Waals surface area contributed by atoms with Crippen molar-refractivity contribution in [3.63, 3.8) is 0 Å². The number of fused-ring (bicyclic) bond motifs is 1. The molecule has 1 aliphatic rings. The van der Waals surface area contributed by atoms with E-state index >= 15 is 0 Å². The summed E-state index contributed by atoms with van der Waals surface area (Å²) in [4.78, 5) is 23.3. The Hall–Kier alpha value is -2.20. The Morgan fingerprint density at radius 1 is 1.05 bits per heavy atom. The molecule has 100 valence electrons. The fourth-order valence-electron chi connectivity index (χ4n) is 2.31. The summed E-state index contributed by atoms with van der Waals surface area (Å²) in [5.41, 5.74) is 1.70. The maximum atomic E-state index is 13.8. The van der Waals surface area contributed by atoms with Gasteiger partial charge in [-0.1, -0.05) is 29.8 Å². The molecule has 0 fully saturated rings. The molecule has 0 atom stereocenters. The van der Waals surface area contributed by atoms with E-state index < -0.39 is 17.6 Å². The standard InChI is InChI=1S/C15H9ClFNO2/c16-10-5-4-8(12(17)7-10)6-9-2-1-3-11-13(9)15(20)18-14(11)19/h1-5,7H,6H2,(H,18,19,20). The molecule has 2 aromatic rings. The Kier molecular flexibility index (Phi) is 3.03. The minimum atomic E-state index is -0.435. The van der Waals surface area contributed by atoms with Gasteiger partial charge in [0.15, 0.2) is 0 Å². The van der Waals surface area contributed by atoms with Gasteiger partial charge >= 0.3 is 0 Å². The highest BCUT2D eigenvalue weighted by atomic mass is 35.5. The lowest BCUT2D eigenvalue weighted by molar-refractivity contribution is 0.0879. The normalized spacial score (nSPS) is 13.3. The lowest BCUT2D eigenvalue weighted by Gasteiger charge is -2.07. The van der Waals surface area contributed by atoms with Gasteiger partial charge in [-0.05, 0) is 29.3 Å². The molecule has 1 heterocycles. The van der Waals surface area contributed by atoms with Crippen LogP contribution in [0.5, 0.6) is 0 Å². The molecule has 20 heavy (non-hydrogen) atoms. The van der Waals surface area contributed by atoms with Crippen LogP contribution in [0.25, 0.3) is 0 Å². The molecule has 1 N–H and O–H groups in total. The molecule has 1 aliphatic heterocycles. The molecule has 5 heteroatoms. The summed E-state index contributed by atoms with van der Waals surface area (Å²) in [6, 6.07) is 9.37. The maximum absolute atomic E-state index is 13.8.